The third-order valence-corrected chi connectivity index (χ3v) is 2.86. The summed E-state index contributed by atoms with van der Waals surface area (Å²) in [7, 11) is 1.77. The van der Waals surface area contributed by atoms with Gasteiger partial charge in [0.25, 0.3) is 0 Å². The maximum absolute atomic E-state index is 5.15. The van der Waals surface area contributed by atoms with E-state index in [1.54, 1.807) is 7.11 Å². The summed E-state index contributed by atoms with van der Waals surface area (Å²) in [6.07, 6.45) is 4.62. The third-order valence-electron chi connectivity index (χ3n) is 2.86. The van der Waals surface area contributed by atoms with Crippen molar-refractivity contribution in [3.63, 3.8) is 0 Å². The van der Waals surface area contributed by atoms with Crippen LogP contribution >= 0.6 is 0 Å². The molecule has 1 atom stereocenters. The number of methoxy groups -OCH3 is 1. The van der Waals surface area contributed by atoms with Crippen LogP contribution in [0.2, 0.25) is 0 Å². The fourth-order valence-corrected chi connectivity index (χ4v) is 1.88. The highest BCUT2D eigenvalue weighted by atomic mass is 16.5. The van der Waals surface area contributed by atoms with Crippen LogP contribution in [0, 0.1) is 0 Å². The molecule has 0 amide bonds. The molecule has 3 heteroatoms. The molecule has 1 fully saturated rings. The van der Waals surface area contributed by atoms with Crippen LogP contribution in [-0.4, -0.2) is 50.3 Å². The van der Waals surface area contributed by atoms with Crippen molar-refractivity contribution in [2.75, 3.05) is 33.4 Å². The average molecular weight is 212 g/mol. The van der Waals surface area contributed by atoms with Crippen LogP contribution in [0.5, 0.6) is 0 Å². The molecule has 88 valence electrons. The number of ether oxygens (including phenoxy) is 1. The Bertz CT molecular complexity index is 180. The summed E-state index contributed by atoms with van der Waals surface area (Å²) in [5, 5.41) is 3.37. The molecule has 1 unspecified atom stereocenters. The molecule has 0 heterocycles. The highest BCUT2D eigenvalue weighted by Gasteiger charge is 2.31. The molecule has 0 aromatic heterocycles. The van der Waals surface area contributed by atoms with Gasteiger partial charge in [-0.15, -0.1) is 6.58 Å². The van der Waals surface area contributed by atoms with E-state index in [-0.39, 0.29) is 0 Å². The number of hydrogen-bond donors (Lipinski definition) is 1. The summed E-state index contributed by atoms with van der Waals surface area (Å²) < 4.78 is 5.15. The van der Waals surface area contributed by atoms with Gasteiger partial charge in [-0.1, -0.05) is 6.08 Å². The first kappa shape index (κ1) is 12.7. The largest absolute Gasteiger partial charge is 0.383 e. The van der Waals surface area contributed by atoms with E-state index in [4.69, 9.17) is 4.74 Å². The van der Waals surface area contributed by atoms with Gasteiger partial charge in [-0.2, -0.15) is 0 Å². The Morgan fingerprint density at radius 3 is 2.87 bits per heavy atom. The minimum atomic E-state index is 0.590. The zero-order valence-electron chi connectivity index (χ0n) is 10.0. The number of nitrogens with one attached hydrogen (secondary N) is 1. The smallest absolute Gasteiger partial charge is 0.0589 e. The van der Waals surface area contributed by atoms with Gasteiger partial charge in [0.05, 0.1) is 6.61 Å². The van der Waals surface area contributed by atoms with Crippen molar-refractivity contribution >= 4 is 0 Å². The topological polar surface area (TPSA) is 24.5 Å². The molecule has 1 aliphatic carbocycles. The molecule has 0 bridgehead atoms. The zero-order chi connectivity index (χ0) is 11.1. The molecule has 0 radical (unpaired) electrons. The van der Waals surface area contributed by atoms with Crippen LogP contribution in [0.25, 0.3) is 0 Å². The van der Waals surface area contributed by atoms with Crippen molar-refractivity contribution < 1.29 is 4.74 Å². The second-order valence-corrected chi connectivity index (χ2v) is 4.26. The lowest BCUT2D eigenvalue weighted by Gasteiger charge is -2.29. The third kappa shape index (κ3) is 4.78. The van der Waals surface area contributed by atoms with Gasteiger partial charge in [-0.05, 0) is 19.8 Å². The molecule has 0 aromatic carbocycles. The van der Waals surface area contributed by atoms with Crippen molar-refractivity contribution in [1.82, 2.24) is 10.2 Å². The summed E-state index contributed by atoms with van der Waals surface area (Å²) in [5.41, 5.74) is 0. The molecule has 15 heavy (non-hydrogen) atoms. The molecule has 1 saturated carbocycles. The Morgan fingerprint density at radius 1 is 1.60 bits per heavy atom. The standard InChI is InChI=1S/C12H24N2O/c1-4-7-13-10-11(2)14(8-9-15-3)12-5-6-12/h4,11-13H,1,5-10H2,2-3H3. The van der Waals surface area contributed by atoms with Crippen LogP contribution in [0.1, 0.15) is 19.8 Å². The Morgan fingerprint density at radius 2 is 2.33 bits per heavy atom. The van der Waals surface area contributed by atoms with E-state index >= 15 is 0 Å². The van der Waals surface area contributed by atoms with Gasteiger partial charge in [0, 0.05) is 38.8 Å². The predicted molar refractivity (Wildman–Crippen MR) is 64.1 cm³/mol. The highest BCUT2D eigenvalue weighted by Crippen LogP contribution is 2.28. The lowest BCUT2D eigenvalue weighted by atomic mass is 10.2. The molecule has 0 saturated heterocycles. The lowest BCUT2D eigenvalue weighted by Crippen LogP contribution is -2.43. The van der Waals surface area contributed by atoms with E-state index < -0.39 is 0 Å². The Hall–Kier alpha value is -0.380. The van der Waals surface area contributed by atoms with Crippen molar-refractivity contribution in [3.8, 4) is 0 Å². The fraction of sp³-hybridized carbons (Fsp3) is 0.833. The van der Waals surface area contributed by atoms with Gasteiger partial charge < -0.3 is 10.1 Å². The van der Waals surface area contributed by atoms with Crippen LogP contribution in [-0.2, 0) is 4.74 Å². The van der Waals surface area contributed by atoms with Crippen molar-refractivity contribution in [1.29, 1.82) is 0 Å². The zero-order valence-corrected chi connectivity index (χ0v) is 10.0. The van der Waals surface area contributed by atoms with Crippen molar-refractivity contribution in [2.24, 2.45) is 0 Å². The molecule has 1 aliphatic rings. The van der Waals surface area contributed by atoms with Crippen LogP contribution in [0.3, 0.4) is 0 Å². The highest BCUT2D eigenvalue weighted by molar-refractivity contribution is 4.88. The number of rotatable bonds is 9. The quantitative estimate of drug-likeness (QED) is 0.460. The normalized spacial score (nSPS) is 18.1. The molecular weight excluding hydrogens is 188 g/mol. The first-order chi connectivity index (χ1) is 7.29. The summed E-state index contributed by atoms with van der Waals surface area (Å²) in [6, 6.07) is 1.40. The molecule has 0 spiro atoms. The maximum Gasteiger partial charge on any atom is 0.0589 e. The monoisotopic (exact) mass is 212 g/mol. The van der Waals surface area contributed by atoms with Crippen LogP contribution in [0.4, 0.5) is 0 Å². The predicted octanol–water partition coefficient (Wildman–Crippen LogP) is 1.26. The SMILES string of the molecule is C=CCNCC(C)N(CCOC)C1CC1. The Labute approximate surface area is 93.5 Å². The molecule has 1 N–H and O–H groups in total. The van der Waals surface area contributed by atoms with Gasteiger partial charge in [-0.3, -0.25) is 4.90 Å². The van der Waals surface area contributed by atoms with E-state index in [0.717, 1.165) is 32.3 Å². The molecular formula is C12H24N2O. The van der Waals surface area contributed by atoms with Crippen molar-refractivity contribution in [3.05, 3.63) is 12.7 Å². The summed E-state index contributed by atoms with van der Waals surface area (Å²) in [5.74, 6) is 0. The summed E-state index contributed by atoms with van der Waals surface area (Å²) in [4.78, 5) is 2.56. The molecule has 0 aromatic rings. The Balaban J connectivity index is 2.23. The fourth-order valence-electron chi connectivity index (χ4n) is 1.88. The van der Waals surface area contributed by atoms with E-state index in [1.165, 1.54) is 12.8 Å². The van der Waals surface area contributed by atoms with Gasteiger partial charge in [-0.25, -0.2) is 0 Å². The summed E-state index contributed by atoms with van der Waals surface area (Å²) in [6.45, 7) is 9.80. The van der Waals surface area contributed by atoms with Gasteiger partial charge in [0.1, 0.15) is 0 Å². The second-order valence-electron chi connectivity index (χ2n) is 4.26. The van der Waals surface area contributed by atoms with Crippen LogP contribution in [0.15, 0.2) is 12.7 Å². The van der Waals surface area contributed by atoms with E-state index in [2.05, 4.69) is 23.7 Å². The minimum absolute atomic E-state index is 0.590. The van der Waals surface area contributed by atoms with Gasteiger partial charge in [0.2, 0.25) is 0 Å². The second kappa shape index (κ2) is 6.99. The Kier molecular flexibility index (Phi) is 5.91. The lowest BCUT2D eigenvalue weighted by molar-refractivity contribution is 0.118. The number of hydrogen-bond acceptors (Lipinski definition) is 3. The van der Waals surface area contributed by atoms with E-state index in [9.17, 15) is 0 Å². The molecule has 3 nitrogen and oxygen atoms in total. The molecule has 0 aliphatic heterocycles. The van der Waals surface area contributed by atoms with E-state index in [1.807, 2.05) is 6.08 Å². The van der Waals surface area contributed by atoms with Crippen LogP contribution < -0.4 is 5.32 Å². The molecule has 1 rings (SSSR count). The first-order valence-electron chi connectivity index (χ1n) is 5.86. The first-order valence-corrected chi connectivity index (χ1v) is 5.86. The number of nitrogens with zero attached hydrogens (tertiary/aromatic N) is 1. The minimum Gasteiger partial charge on any atom is -0.383 e. The average Bonchev–Trinajstić information content (AvgIpc) is 3.03. The van der Waals surface area contributed by atoms with Gasteiger partial charge in [0.15, 0.2) is 0 Å². The maximum atomic E-state index is 5.15. The summed E-state index contributed by atoms with van der Waals surface area (Å²) >= 11 is 0. The van der Waals surface area contributed by atoms with Crippen molar-refractivity contribution in [2.45, 2.75) is 31.8 Å². The van der Waals surface area contributed by atoms with E-state index in [0.29, 0.717) is 6.04 Å². The van der Waals surface area contributed by atoms with Gasteiger partial charge >= 0.3 is 0 Å².